The first-order valence-corrected chi connectivity index (χ1v) is 9.15. The van der Waals surface area contributed by atoms with Gasteiger partial charge in [0.1, 0.15) is 6.04 Å². The smallest absolute Gasteiger partial charge is 0.289 e. The summed E-state index contributed by atoms with van der Waals surface area (Å²) in [6.07, 6.45) is 5.27. The molecule has 144 valence electrons. The maximum atomic E-state index is 12.7. The third-order valence-corrected chi connectivity index (χ3v) is 4.73. The van der Waals surface area contributed by atoms with E-state index < -0.39 is 23.8 Å². The van der Waals surface area contributed by atoms with Gasteiger partial charge in [-0.1, -0.05) is 18.9 Å². The zero-order chi connectivity index (χ0) is 19.1. The van der Waals surface area contributed by atoms with Crippen LogP contribution in [-0.4, -0.2) is 67.2 Å². The molecule has 0 aromatic heterocycles. The van der Waals surface area contributed by atoms with Crippen molar-refractivity contribution in [3.63, 3.8) is 0 Å². The lowest BCUT2D eigenvalue weighted by atomic mass is 10.0. The molecule has 0 aromatic carbocycles. The van der Waals surface area contributed by atoms with Crippen LogP contribution in [0.1, 0.15) is 32.1 Å². The molecule has 8 heteroatoms. The lowest BCUT2D eigenvalue weighted by Gasteiger charge is -2.26. The maximum absolute atomic E-state index is 12.7. The number of carbonyl (C=O) groups is 4. The molecule has 1 aliphatic carbocycles. The van der Waals surface area contributed by atoms with E-state index in [1.165, 1.54) is 6.08 Å². The number of likely N-dealkylation sites (tertiary alicyclic amines) is 1. The van der Waals surface area contributed by atoms with Gasteiger partial charge in [0.15, 0.2) is 0 Å². The molecule has 0 bridgehead atoms. The van der Waals surface area contributed by atoms with Gasteiger partial charge in [-0.05, 0) is 32.2 Å². The molecule has 2 aliphatic rings. The van der Waals surface area contributed by atoms with E-state index in [0.29, 0.717) is 25.3 Å². The Labute approximate surface area is 153 Å². The van der Waals surface area contributed by atoms with E-state index in [9.17, 15) is 19.2 Å². The first-order chi connectivity index (χ1) is 12.5. The van der Waals surface area contributed by atoms with Crippen LogP contribution >= 0.6 is 0 Å². The highest BCUT2D eigenvalue weighted by Gasteiger charge is 2.38. The predicted molar refractivity (Wildman–Crippen MR) is 96.1 cm³/mol. The van der Waals surface area contributed by atoms with Gasteiger partial charge in [0.25, 0.3) is 5.91 Å². The number of carbonyl (C=O) groups excluding carboxylic acids is 4. The zero-order valence-corrected chi connectivity index (χ0v) is 15.3. The average molecular weight is 364 g/mol. The van der Waals surface area contributed by atoms with Crippen LogP contribution in [-0.2, 0) is 19.2 Å². The van der Waals surface area contributed by atoms with Crippen LogP contribution < -0.4 is 16.0 Å². The van der Waals surface area contributed by atoms with Crippen molar-refractivity contribution in [1.29, 1.82) is 0 Å². The van der Waals surface area contributed by atoms with Crippen molar-refractivity contribution in [3.05, 3.63) is 12.7 Å². The van der Waals surface area contributed by atoms with Gasteiger partial charge in [0, 0.05) is 13.1 Å². The molecule has 2 rings (SSSR count). The van der Waals surface area contributed by atoms with Gasteiger partial charge < -0.3 is 20.9 Å². The standard InChI is InChI=1S/C18H28N4O4/c1-3-8-20-18(26)16(24)13(10-12-6-7-12)21-17(25)14-5-4-9-22(14)15(23)11-19-2/h3,12-14,19H,1,4-11H2,2H3,(H,20,26)(H,21,25). The number of nitrogens with one attached hydrogen (secondary N) is 3. The van der Waals surface area contributed by atoms with Gasteiger partial charge in [0.05, 0.1) is 12.6 Å². The molecule has 1 heterocycles. The van der Waals surface area contributed by atoms with Crippen LogP contribution in [0.4, 0.5) is 0 Å². The van der Waals surface area contributed by atoms with Crippen LogP contribution in [0.2, 0.25) is 0 Å². The molecular formula is C18H28N4O4. The van der Waals surface area contributed by atoms with E-state index in [1.54, 1.807) is 11.9 Å². The Kier molecular flexibility index (Phi) is 7.32. The fourth-order valence-electron chi connectivity index (χ4n) is 3.19. The molecule has 2 atom stereocenters. The van der Waals surface area contributed by atoms with Crippen molar-refractivity contribution in [1.82, 2.24) is 20.9 Å². The Hall–Kier alpha value is -2.22. The maximum Gasteiger partial charge on any atom is 0.289 e. The summed E-state index contributed by atoms with van der Waals surface area (Å²) in [5.41, 5.74) is 0. The van der Waals surface area contributed by atoms with E-state index in [0.717, 1.165) is 19.3 Å². The molecule has 26 heavy (non-hydrogen) atoms. The Balaban J connectivity index is 2.00. The minimum atomic E-state index is -0.846. The van der Waals surface area contributed by atoms with Crippen molar-refractivity contribution in [2.24, 2.45) is 5.92 Å². The van der Waals surface area contributed by atoms with Crippen molar-refractivity contribution >= 4 is 23.5 Å². The first-order valence-electron chi connectivity index (χ1n) is 9.15. The number of likely N-dealkylation sites (N-methyl/N-ethyl adjacent to an activating group) is 1. The number of amides is 3. The largest absolute Gasteiger partial charge is 0.346 e. The molecule has 1 aliphatic heterocycles. The van der Waals surface area contributed by atoms with Gasteiger partial charge in [-0.3, -0.25) is 19.2 Å². The van der Waals surface area contributed by atoms with E-state index in [2.05, 4.69) is 22.5 Å². The van der Waals surface area contributed by atoms with Crippen LogP contribution in [0.5, 0.6) is 0 Å². The first kappa shape index (κ1) is 20.1. The second-order valence-corrected chi connectivity index (χ2v) is 6.88. The fraction of sp³-hybridized carbons (Fsp3) is 0.667. The molecule has 1 saturated carbocycles. The number of hydrogen-bond donors (Lipinski definition) is 3. The number of ketones is 1. The summed E-state index contributed by atoms with van der Waals surface area (Å²) < 4.78 is 0. The lowest BCUT2D eigenvalue weighted by Crippen LogP contribution is -2.54. The molecule has 2 unspecified atom stereocenters. The summed E-state index contributed by atoms with van der Waals surface area (Å²) in [5, 5.41) is 7.98. The number of hydrogen-bond acceptors (Lipinski definition) is 5. The summed E-state index contributed by atoms with van der Waals surface area (Å²) in [4.78, 5) is 50.8. The molecule has 0 aromatic rings. The molecule has 0 radical (unpaired) electrons. The Morgan fingerprint density at radius 1 is 1.23 bits per heavy atom. The van der Waals surface area contributed by atoms with Crippen molar-refractivity contribution in [2.45, 2.75) is 44.2 Å². The fourth-order valence-corrected chi connectivity index (χ4v) is 3.19. The molecule has 0 spiro atoms. The second kappa shape index (κ2) is 9.47. The Bertz CT molecular complexity index is 574. The minimum absolute atomic E-state index is 0.140. The average Bonchev–Trinajstić information content (AvgIpc) is 3.30. The number of rotatable bonds is 10. The van der Waals surface area contributed by atoms with Crippen LogP contribution in [0.25, 0.3) is 0 Å². The van der Waals surface area contributed by atoms with Gasteiger partial charge >= 0.3 is 0 Å². The van der Waals surface area contributed by atoms with Gasteiger partial charge in [0.2, 0.25) is 17.6 Å². The van der Waals surface area contributed by atoms with E-state index in [-0.39, 0.29) is 24.9 Å². The Morgan fingerprint density at radius 3 is 2.58 bits per heavy atom. The van der Waals surface area contributed by atoms with Gasteiger partial charge in [-0.15, -0.1) is 6.58 Å². The highest BCUT2D eigenvalue weighted by molar-refractivity contribution is 6.38. The topological polar surface area (TPSA) is 108 Å². The van der Waals surface area contributed by atoms with E-state index in [1.807, 2.05) is 0 Å². The monoisotopic (exact) mass is 364 g/mol. The molecule has 2 fully saturated rings. The predicted octanol–water partition coefficient (Wildman–Crippen LogP) is -0.647. The lowest BCUT2D eigenvalue weighted by molar-refractivity contribution is -0.142. The van der Waals surface area contributed by atoms with E-state index in [4.69, 9.17) is 0 Å². The molecular weight excluding hydrogens is 336 g/mol. The highest BCUT2D eigenvalue weighted by Crippen LogP contribution is 2.33. The molecule has 8 nitrogen and oxygen atoms in total. The van der Waals surface area contributed by atoms with E-state index >= 15 is 0 Å². The summed E-state index contributed by atoms with van der Waals surface area (Å²) in [5.74, 6) is -1.49. The van der Waals surface area contributed by atoms with Crippen LogP contribution in [0.15, 0.2) is 12.7 Å². The normalized spacial score (nSPS) is 20.3. The van der Waals surface area contributed by atoms with Gasteiger partial charge in [-0.2, -0.15) is 0 Å². The molecule has 3 amide bonds. The van der Waals surface area contributed by atoms with Crippen molar-refractivity contribution in [3.8, 4) is 0 Å². The van der Waals surface area contributed by atoms with Crippen LogP contribution in [0, 0.1) is 5.92 Å². The van der Waals surface area contributed by atoms with Gasteiger partial charge in [-0.25, -0.2) is 0 Å². The minimum Gasteiger partial charge on any atom is -0.346 e. The third kappa shape index (κ3) is 5.39. The molecule has 1 saturated heterocycles. The number of nitrogens with zero attached hydrogens (tertiary/aromatic N) is 1. The Morgan fingerprint density at radius 2 is 1.96 bits per heavy atom. The van der Waals surface area contributed by atoms with Crippen molar-refractivity contribution in [2.75, 3.05) is 26.7 Å². The second-order valence-electron chi connectivity index (χ2n) is 6.88. The SMILES string of the molecule is C=CCNC(=O)C(=O)C(CC1CC1)NC(=O)C1CCCN1C(=O)CNC. The third-order valence-electron chi connectivity index (χ3n) is 4.73. The molecule has 3 N–H and O–H groups in total. The quantitative estimate of drug-likeness (QED) is 0.353. The summed E-state index contributed by atoms with van der Waals surface area (Å²) >= 11 is 0. The van der Waals surface area contributed by atoms with Crippen LogP contribution in [0.3, 0.4) is 0 Å². The van der Waals surface area contributed by atoms with Crippen molar-refractivity contribution < 1.29 is 19.2 Å². The summed E-state index contributed by atoms with van der Waals surface area (Å²) in [6, 6.07) is -1.43. The highest BCUT2D eigenvalue weighted by atomic mass is 16.2. The zero-order valence-electron chi connectivity index (χ0n) is 15.3. The number of Topliss-reactive ketones (excluding diaryl/α,β-unsaturated/α-hetero) is 1. The summed E-state index contributed by atoms with van der Waals surface area (Å²) in [7, 11) is 1.68. The summed E-state index contributed by atoms with van der Waals surface area (Å²) in [6.45, 7) is 4.39.